The molecule has 34 heavy (non-hydrogen) atoms. The second-order valence-electron chi connectivity index (χ2n) is 8.34. The Bertz CT molecular complexity index is 1270. The van der Waals surface area contributed by atoms with Crippen LogP contribution in [0.25, 0.3) is 10.2 Å². The number of thiazole rings is 1. The van der Waals surface area contributed by atoms with Crippen molar-refractivity contribution in [1.82, 2.24) is 20.9 Å². The van der Waals surface area contributed by atoms with Crippen molar-refractivity contribution in [2.45, 2.75) is 30.3 Å². The van der Waals surface area contributed by atoms with Gasteiger partial charge in [-0.05, 0) is 25.0 Å². The summed E-state index contributed by atoms with van der Waals surface area (Å²) in [6, 6.07) is 5.99. The summed E-state index contributed by atoms with van der Waals surface area (Å²) < 4.78 is 40.5. The third-order valence-electron chi connectivity index (χ3n) is 6.24. The van der Waals surface area contributed by atoms with E-state index < -0.39 is 41.1 Å². The van der Waals surface area contributed by atoms with E-state index in [1.165, 1.54) is 18.4 Å². The van der Waals surface area contributed by atoms with Gasteiger partial charge in [0.25, 0.3) is 0 Å². The summed E-state index contributed by atoms with van der Waals surface area (Å²) >= 11 is 1.46. The molecule has 1 aliphatic carbocycles. The van der Waals surface area contributed by atoms with Gasteiger partial charge in [-0.3, -0.25) is 4.79 Å². The second-order valence-corrected chi connectivity index (χ2v) is 9.37. The van der Waals surface area contributed by atoms with Crippen molar-refractivity contribution in [1.29, 1.82) is 0 Å². The molecule has 3 aromatic rings. The predicted molar refractivity (Wildman–Crippen MR) is 121 cm³/mol. The molecule has 2 aliphatic rings. The molecule has 2 atom stereocenters. The normalized spacial score (nSPS) is 20.6. The van der Waals surface area contributed by atoms with Crippen LogP contribution in [0.2, 0.25) is 0 Å². The van der Waals surface area contributed by atoms with Crippen LogP contribution in [-0.4, -0.2) is 43.7 Å². The Hall–Kier alpha value is -3.47. The summed E-state index contributed by atoms with van der Waals surface area (Å²) in [4.78, 5) is 30.0. The molecule has 2 heterocycles. The maximum atomic E-state index is 14.6. The van der Waals surface area contributed by atoms with Crippen LogP contribution in [0.4, 0.5) is 13.6 Å². The number of methoxy groups -OCH3 is 2. The van der Waals surface area contributed by atoms with E-state index in [2.05, 4.69) is 20.9 Å². The van der Waals surface area contributed by atoms with Gasteiger partial charge >= 0.3 is 6.03 Å². The standard InChI is InChI=1S/C23H22F2N4O4S/c1-32-11-8-13(24)17(14(25)9-11)12-10-26-20(30)18(12)28-22(31)29-23(6-7-23)21-27-19-15(33-2)4-3-5-16(19)34-21/h3-5,8-9,12,18H,6-7,10H2,1-2H3,(H,26,30)(H2,28,29,31)/t12-,18-/m0/s1. The fourth-order valence-electron chi connectivity index (χ4n) is 4.29. The zero-order valence-corrected chi connectivity index (χ0v) is 19.2. The summed E-state index contributed by atoms with van der Waals surface area (Å²) in [7, 11) is 2.88. The van der Waals surface area contributed by atoms with Crippen LogP contribution < -0.4 is 25.4 Å². The first-order valence-corrected chi connectivity index (χ1v) is 11.5. The van der Waals surface area contributed by atoms with Crippen LogP contribution >= 0.6 is 11.3 Å². The van der Waals surface area contributed by atoms with E-state index in [-0.39, 0.29) is 17.9 Å². The Morgan fingerprint density at radius 1 is 1.21 bits per heavy atom. The van der Waals surface area contributed by atoms with Gasteiger partial charge < -0.3 is 25.4 Å². The number of carbonyl (C=O) groups is 2. The van der Waals surface area contributed by atoms with Crippen molar-refractivity contribution in [3.8, 4) is 11.5 Å². The first kappa shape index (κ1) is 22.3. The third kappa shape index (κ3) is 3.79. The van der Waals surface area contributed by atoms with Crippen molar-refractivity contribution in [3.05, 3.63) is 52.5 Å². The highest BCUT2D eigenvalue weighted by atomic mass is 32.1. The summed E-state index contributed by atoms with van der Waals surface area (Å²) in [5.41, 5.74) is -0.206. The van der Waals surface area contributed by atoms with E-state index in [0.29, 0.717) is 18.6 Å². The molecule has 0 spiro atoms. The van der Waals surface area contributed by atoms with E-state index in [1.807, 2.05) is 18.2 Å². The number of hydrogen-bond acceptors (Lipinski definition) is 6. The minimum absolute atomic E-state index is 0.00719. The van der Waals surface area contributed by atoms with Gasteiger partial charge in [-0.25, -0.2) is 18.6 Å². The Balaban J connectivity index is 1.35. The summed E-state index contributed by atoms with van der Waals surface area (Å²) in [5.74, 6) is -2.42. The van der Waals surface area contributed by atoms with E-state index in [9.17, 15) is 18.4 Å². The molecule has 1 aromatic heterocycles. The van der Waals surface area contributed by atoms with Crippen molar-refractivity contribution >= 4 is 33.5 Å². The van der Waals surface area contributed by atoms with Gasteiger partial charge in [0, 0.05) is 30.2 Å². The van der Waals surface area contributed by atoms with E-state index >= 15 is 0 Å². The van der Waals surface area contributed by atoms with E-state index in [1.54, 1.807) is 7.11 Å². The van der Waals surface area contributed by atoms with Crippen molar-refractivity contribution in [2.75, 3.05) is 20.8 Å². The molecule has 178 valence electrons. The van der Waals surface area contributed by atoms with Crippen LogP contribution in [-0.2, 0) is 10.3 Å². The zero-order chi connectivity index (χ0) is 24.0. The van der Waals surface area contributed by atoms with Crippen LogP contribution in [0.3, 0.4) is 0 Å². The van der Waals surface area contributed by atoms with Gasteiger partial charge in [0.05, 0.1) is 24.5 Å². The predicted octanol–water partition coefficient (Wildman–Crippen LogP) is 3.16. The number of para-hydroxylation sites is 1. The number of nitrogens with one attached hydrogen (secondary N) is 3. The summed E-state index contributed by atoms with van der Waals surface area (Å²) in [6.45, 7) is -0.00719. The van der Waals surface area contributed by atoms with Gasteiger partial charge in [0.2, 0.25) is 5.91 Å². The average molecular weight is 489 g/mol. The lowest BCUT2D eigenvalue weighted by atomic mass is 9.93. The highest BCUT2D eigenvalue weighted by Crippen LogP contribution is 2.48. The average Bonchev–Trinajstić information content (AvgIpc) is 3.30. The summed E-state index contributed by atoms with van der Waals surface area (Å²) in [5, 5.41) is 8.84. The molecule has 3 N–H and O–H groups in total. The number of rotatable bonds is 6. The van der Waals surface area contributed by atoms with E-state index in [4.69, 9.17) is 9.47 Å². The quantitative estimate of drug-likeness (QED) is 0.495. The number of urea groups is 1. The number of amides is 3. The zero-order valence-electron chi connectivity index (χ0n) is 18.4. The van der Waals surface area contributed by atoms with Gasteiger partial charge in [-0.2, -0.15) is 0 Å². The maximum absolute atomic E-state index is 14.6. The van der Waals surface area contributed by atoms with Gasteiger partial charge in [0.15, 0.2) is 0 Å². The number of nitrogens with zero attached hydrogens (tertiary/aromatic N) is 1. The lowest BCUT2D eigenvalue weighted by Gasteiger charge is -2.22. The Labute approximate surface area is 197 Å². The number of halogens is 2. The van der Waals surface area contributed by atoms with Gasteiger partial charge in [-0.1, -0.05) is 6.07 Å². The van der Waals surface area contributed by atoms with Gasteiger partial charge in [-0.15, -0.1) is 11.3 Å². The van der Waals surface area contributed by atoms with Crippen molar-refractivity contribution in [2.24, 2.45) is 0 Å². The molecule has 0 unspecified atom stereocenters. The largest absolute Gasteiger partial charge is 0.497 e. The van der Waals surface area contributed by atoms with E-state index in [0.717, 1.165) is 27.4 Å². The van der Waals surface area contributed by atoms with Crippen molar-refractivity contribution < 1.29 is 27.8 Å². The molecule has 0 radical (unpaired) electrons. The fraction of sp³-hybridized carbons (Fsp3) is 0.348. The van der Waals surface area contributed by atoms with Crippen LogP contribution in [0, 0.1) is 11.6 Å². The Kier molecular flexibility index (Phi) is 5.51. The SMILES string of the molecule is COc1cc(F)c([C@@H]2CNC(=O)[C@H]2NC(=O)NC2(c3nc4c(OC)cccc4s3)CC2)c(F)c1. The second kappa shape index (κ2) is 8.39. The molecule has 0 bridgehead atoms. The molecule has 11 heteroatoms. The number of benzene rings is 2. The number of hydrogen-bond donors (Lipinski definition) is 3. The molecule has 3 amide bonds. The number of carbonyl (C=O) groups excluding carboxylic acids is 2. The van der Waals surface area contributed by atoms with Gasteiger partial charge in [0.1, 0.15) is 39.7 Å². The molecular formula is C23H22F2N4O4S. The lowest BCUT2D eigenvalue weighted by molar-refractivity contribution is -0.120. The third-order valence-corrected chi connectivity index (χ3v) is 7.47. The van der Waals surface area contributed by atoms with Crippen LogP contribution in [0.1, 0.15) is 29.3 Å². The molecule has 1 saturated heterocycles. The molecule has 2 fully saturated rings. The fourth-order valence-corrected chi connectivity index (χ4v) is 5.48. The topological polar surface area (TPSA) is 102 Å². The molecule has 8 nitrogen and oxygen atoms in total. The molecule has 2 aromatic carbocycles. The highest BCUT2D eigenvalue weighted by Gasteiger charge is 2.49. The van der Waals surface area contributed by atoms with Crippen LogP contribution in [0.5, 0.6) is 11.5 Å². The lowest BCUT2D eigenvalue weighted by Crippen LogP contribution is -2.50. The first-order chi connectivity index (χ1) is 16.3. The first-order valence-electron chi connectivity index (χ1n) is 10.7. The highest BCUT2D eigenvalue weighted by molar-refractivity contribution is 7.18. The number of aromatic nitrogens is 1. The smallest absolute Gasteiger partial charge is 0.316 e. The Morgan fingerprint density at radius 3 is 2.59 bits per heavy atom. The number of ether oxygens (including phenoxy) is 2. The Morgan fingerprint density at radius 2 is 1.94 bits per heavy atom. The monoisotopic (exact) mass is 488 g/mol. The minimum Gasteiger partial charge on any atom is -0.497 e. The maximum Gasteiger partial charge on any atom is 0.316 e. The van der Waals surface area contributed by atoms with Crippen molar-refractivity contribution in [3.63, 3.8) is 0 Å². The molecule has 1 aliphatic heterocycles. The molecular weight excluding hydrogens is 466 g/mol. The number of fused-ring (bicyclic) bond motifs is 1. The minimum atomic E-state index is -1.14. The summed E-state index contributed by atoms with van der Waals surface area (Å²) in [6.07, 6.45) is 1.37. The molecule has 1 saturated carbocycles. The van der Waals surface area contributed by atoms with Crippen LogP contribution in [0.15, 0.2) is 30.3 Å². The molecule has 5 rings (SSSR count).